The second-order valence-corrected chi connectivity index (χ2v) is 2.75. The van der Waals surface area contributed by atoms with Crippen molar-refractivity contribution in [3.63, 3.8) is 0 Å². The Balaban J connectivity index is 2.17. The second kappa shape index (κ2) is 0.858. The van der Waals surface area contributed by atoms with E-state index < -0.39 is 0 Å². The van der Waals surface area contributed by atoms with E-state index >= 15 is 0 Å². The molecule has 2 N–H and O–H groups in total. The Kier molecular flexibility index (Phi) is 0.474. The lowest BCUT2D eigenvalue weighted by Gasteiger charge is -1.97. The molecule has 0 amide bonds. The van der Waals surface area contributed by atoms with Crippen molar-refractivity contribution in [1.82, 2.24) is 10.6 Å². The summed E-state index contributed by atoms with van der Waals surface area (Å²) in [6.07, 6.45) is 0. The van der Waals surface area contributed by atoms with Gasteiger partial charge in [0.25, 0.3) is 0 Å². The fraction of sp³-hybridized carbons (Fsp3) is 1.00. The van der Waals surface area contributed by atoms with Gasteiger partial charge in [0.15, 0.2) is 0 Å². The minimum atomic E-state index is 0.500. The Morgan fingerprint density at radius 2 is 2.57 bits per heavy atom. The van der Waals surface area contributed by atoms with Crippen molar-refractivity contribution < 1.29 is 0 Å². The summed E-state index contributed by atoms with van der Waals surface area (Å²) in [5, 5.41) is 6.68. The molecule has 0 aromatic heterocycles. The third-order valence-corrected chi connectivity index (χ3v) is 2.03. The van der Waals surface area contributed by atoms with Crippen molar-refractivity contribution in [1.29, 1.82) is 0 Å². The van der Waals surface area contributed by atoms with Gasteiger partial charge in [-0.15, -0.1) is 0 Å². The van der Waals surface area contributed by atoms with Gasteiger partial charge in [-0.05, 0) is 6.92 Å². The zero-order valence-electron chi connectivity index (χ0n) is 4.49. The minimum absolute atomic E-state index is 0.500. The maximum absolute atomic E-state index is 3.38. The van der Waals surface area contributed by atoms with Crippen molar-refractivity contribution in [2.24, 2.45) is 0 Å². The van der Waals surface area contributed by atoms with E-state index in [9.17, 15) is 0 Å². The molecule has 2 rings (SSSR count). The van der Waals surface area contributed by atoms with Crippen LogP contribution < -0.4 is 10.6 Å². The number of hydrogen-bond acceptors (Lipinski definition) is 2. The van der Waals surface area contributed by atoms with Gasteiger partial charge in [-0.1, -0.05) is 0 Å². The average molecular weight is 98.1 g/mol. The zero-order chi connectivity index (χ0) is 4.91. The first-order valence-corrected chi connectivity index (χ1v) is 2.80. The van der Waals surface area contributed by atoms with Crippen LogP contribution in [0.25, 0.3) is 0 Å². The molecule has 0 aromatic carbocycles. The van der Waals surface area contributed by atoms with Crippen molar-refractivity contribution in [3.8, 4) is 0 Å². The highest BCUT2D eigenvalue weighted by Crippen LogP contribution is 2.28. The molecule has 2 aliphatic rings. The minimum Gasteiger partial charge on any atom is -0.313 e. The van der Waals surface area contributed by atoms with Crippen LogP contribution in [0.3, 0.4) is 0 Å². The van der Waals surface area contributed by atoms with Crippen molar-refractivity contribution in [3.05, 3.63) is 0 Å². The van der Waals surface area contributed by atoms with Crippen LogP contribution in [-0.4, -0.2) is 24.7 Å². The monoisotopic (exact) mass is 98.1 g/mol. The highest BCUT2D eigenvalue weighted by Gasteiger charge is 2.52. The molecule has 0 bridgehead atoms. The van der Waals surface area contributed by atoms with Crippen LogP contribution in [0.15, 0.2) is 0 Å². The normalized spacial score (nSPS) is 57.0. The van der Waals surface area contributed by atoms with E-state index in [0.29, 0.717) is 5.54 Å². The van der Waals surface area contributed by atoms with Crippen LogP contribution in [0.1, 0.15) is 6.92 Å². The summed E-state index contributed by atoms with van der Waals surface area (Å²) < 4.78 is 0. The molecule has 2 aliphatic heterocycles. The molecule has 0 spiro atoms. The van der Waals surface area contributed by atoms with Crippen LogP contribution in [0.4, 0.5) is 0 Å². The maximum atomic E-state index is 3.38. The Hall–Kier alpha value is -0.0800. The fourth-order valence-electron chi connectivity index (χ4n) is 1.28. The van der Waals surface area contributed by atoms with Gasteiger partial charge >= 0.3 is 0 Å². The lowest BCUT2D eigenvalue weighted by atomic mass is 10.2. The molecule has 2 fully saturated rings. The quantitative estimate of drug-likeness (QED) is 0.394. The standard InChI is InChI=1S/C5H10N2/c1-5-3-6-2-4(5)7-5/h4,6-7H,2-3H2,1H3. The molecule has 0 aliphatic carbocycles. The van der Waals surface area contributed by atoms with E-state index in [1.807, 2.05) is 0 Å². The summed E-state index contributed by atoms with van der Waals surface area (Å²) in [5.41, 5.74) is 0.500. The molecule has 2 atom stereocenters. The van der Waals surface area contributed by atoms with Crippen LogP contribution in [0.2, 0.25) is 0 Å². The Labute approximate surface area is 43.3 Å². The molecule has 0 radical (unpaired) electrons. The predicted octanol–water partition coefficient (Wildman–Crippen LogP) is -0.680. The Morgan fingerprint density at radius 3 is 2.71 bits per heavy atom. The van der Waals surface area contributed by atoms with Crippen molar-refractivity contribution in [2.75, 3.05) is 13.1 Å². The molecule has 0 saturated carbocycles. The van der Waals surface area contributed by atoms with E-state index in [1.54, 1.807) is 0 Å². The van der Waals surface area contributed by atoms with Gasteiger partial charge in [-0.3, -0.25) is 0 Å². The SMILES string of the molecule is CC12CNCC1N2. The summed E-state index contributed by atoms with van der Waals surface area (Å²) in [4.78, 5) is 0. The number of rotatable bonds is 0. The van der Waals surface area contributed by atoms with Crippen molar-refractivity contribution >= 4 is 0 Å². The third-order valence-electron chi connectivity index (χ3n) is 2.03. The number of piperazine rings is 1. The van der Waals surface area contributed by atoms with Crippen LogP contribution in [0, 0.1) is 0 Å². The maximum Gasteiger partial charge on any atom is 0.0448 e. The van der Waals surface area contributed by atoms with E-state index in [4.69, 9.17) is 0 Å². The summed E-state index contributed by atoms with van der Waals surface area (Å²) in [7, 11) is 0. The highest BCUT2D eigenvalue weighted by molar-refractivity contribution is 5.17. The molecular formula is C5H10N2. The summed E-state index contributed by atoms with van der Waals surface area (Å²) in [6.45, 7) is 4.60. The lowest BCUT2D eigenvalue weighted by molar-refractivity contribution is 0.653. The molecule has 2 nitrogen and oxygen atoms in total. The number of nitrogens with one attached hydrogen (secondary N) is 2. The van der Waals surface area contributed by atoms with Gasteiger partial charge in [0.2, 0.25) is 0 Å². The molecule has 0 aromatic rings. The summed E-state index contributed by atoms with van der Waals surface area (Å²) >= 11 is 0. The topological polar surface area (TPSA) is 34.0 Å². The van der Waals surface area contributed by atoms with E-state index in [0.717, 1.165) is 12.6 Å². The summed E-state index contributed by atoms with van der Waals surface area (Å²) in [5.74, 6) is 0. The molecule has 2 unspecified atom stereocenters. The van der Waals surface area contributed by atoms with Crippen molar-refractivity contribution in [2.45, 2.75) is 18.5 Å². The molecule has 2 heterocycles. The number of fused-ring (bicyclic) bond motifs is 1. The number of hydrogen-bond donors (Lipinski definition) is 2. The van der Waals surface area contributed by atoms with Gasteiger partial charge in [-0.25, -0.2) is 0 Å². The van der Waals surface area contributed by atoms with Crippen LogP contribution in [-0.2, 0) is 0 Å². The lowest BCUT2D eigenvalue weighted by Crippen LogP contribution is -2.24. The predicted molar refractivity (Wildman–Crippen MR) is 28.2 cm³/mol. The summed E-state index contributed by atoms with van der Waals surface area (Å²) in [6, 6.07) is 0.799. The van der Waals surface area contributed by atoms with Gasteiger partial charge in [0.05, 0.1) is 0 Å². The van der Waals surface area contributed by atoms with Gasteiger partial charge in [-0.2, -0.15) is 0 Å². The molecule has 40 valence electrons. The van der Waals surface area contributed by atoms with Gasteiger partial charge in [0, 0.05) is 24.7 Å². The molecule has 2 heteroatoms. The Bertz CT molecular complexity index is 100. The van der Waals surface area contributed by atoms with E-state index in [2.05, 4.69) is 17.6 Å². The largest absolute Gasteiger partial charge is 0.313 e. The first kappa shape index (κ1) is 3.87. The first-order valence-electron chi connectivity index (χ1n) is 2.80. The average Bonchev–Trinajstić information content (AvgIpc) is 2.09. The van der Waals surface area contributed by atoms with Gasteiger partial charge < -0.3 is 10.6 Å². The third kappa shape index (κ3) is 0.359. The fourth-order valence-corrected chi connectivity index (χ4v) is 1.28. The van der Waals surface area contributed by atoms with Gasteiger partial charge in [0.1, 0.15) is 0 Å². The second-order valence-electron chi connectivity index (χ2n) is 2.75. The molecule has 2 saturated heterocycles. The van der Waals surface area contributed by atoms with Crippen LogP contribution in [0.5, 0.6) is 0 Å². The van der Waals surface area contributed by atoms with E-state index in [1.165, 1.54) is 6.54 Å². The smallest absolute Gasteiger partial charge is 0.0448 e. The molecular weight excluding hydrogens is 88.1 g/mol. The van der Waals surface area contributed by atoms with Crippen LogP contribution >= 0.6 is 0 Å². The highest BCUT2D eigenvalue weighted by atomic mass is 15.3. The van der Waals surface area contributed by atoms with E-state index in [-0.39, 0.29) is 0 Å². The molecule has 7 heavy (non-hydrogen) atoms. The first-order chi connectivity index (χ1) is 3.31. The Morgan fingerprint density at radius 1 is 1.71 bits per heavy atom. The zero-order valence-corrected chi connectivity index (χ0v) is 4.49.